The molecule has 1 unspecified atom stereocenters. The molecule has 21 heavy (non-hydrogen) atoms. The van der Waals surface area contributed by atoms with Gasteiger partial charge in [0.05, 0.1) is 21.5 Å². The molecule has 122 valence electrons. The Morgan fingerprint density at radius 1 is 1.33 bits per heavy atom. The zero-order valence-corrected chi connectivity index (χ0v) is 15.9. The molecule has 4 nitrogen and oxygen atoms in total. The van der Waals surface area contributed by atoms with E-state index in [4.69, 9.17) is 4.74 Å². The van der Waals surface area contributed by atoms with Crippen molar-refractivity contribution in [3.05, 3.63) is 15.9 Å². The lowest BCUT2D eigenvalue weighted by molar-refractivity contribution is -0.0105. The Balaban J connectivity index is 3.05. The van der Waals surface area contributed by atoms with E-state index >= 15 is 0 Å². The van der Waals surface area contributed by atoms with Gasteiger partial charge in [-0.05, 0) is 56.1 Å². The Bertz CT molecular complexity index is 443. The van der Waals surface area contributed by atoms with E-state index in [0.717, 1.165) is 42.5 Å². The maximum atomic E-state index is 5.71. The molecule has 0 saturated heterocycles. The summed E-state index contributed by atoms with van der Waals surface area (Å²) in [5.74, 6) is 0. The third kappa shape index (κ3) is 4.54. The van der Waals surface area contributed by atoms with Crippen molar-refractivity contribution in [3.63, 3.8) is 0 Å². The van der Waals surface area contributed by atoms with Gasteiger partial charge >= 0.3 is 0 Å². The number of ether oxygens (including phenoxy) is 1. The Morgan fingerprint density at radius 2 is 2.00 bits per heavy atom. The highest BCUT2D eigenvalue weighted by atomic mass is 79.9. The van der Waals surface area contributed by atoms with Gasteiger partial charge in [-0.15, -0.1) is 0 Å². The highest BCUT2D eigenvalue weighted by molar-refractivity contribution is 9.10. The van der Waals surface area contributed by atoms with Crippen molar-refractivity contribution in [1.82, 2.24) is 15.1 Å². The number of nitrogens with one attached hydrogen (secondary N) is 1. The quantitative estimate of drug-likeness (QED) is 0.732. The number of aryl methyl sites for hydroxylation is 2. The van der Waals surface area contributed by atoms with E-state index in [1.165, 1.54) is 5.69 Å². The van der Waals surface area contributed by atoms with E-state index in [-0.39, 0.29) is 11.6 Å². The normalized spacial score (nSPS) is 13.7. The summed E-state index contributed by atoms with van der Waals surface area (Å²) in [6, 6.07) is 0.255. The molecule has 1 atom stereocenters. The zero-order chi connectivity index (χ0) is 16.0. The fraction of sp³-hybridized carbons (Fsp3) is 0.812. The lowest BCUT2D eigenvalue weighted by atomic mass is 9.93. The molecule has 1 rings (SSSR count). The summed E-state index contributed by atoms with van der Waals surface area (Å²) in [7, 11) is 1.78. The second-order valence-corrected chi connectivity index (χ2v) is 6.69. The average molecular weight is 360 g/mol. The minimum Gasteiger partial charge on any atom is -0.377 e. The lowest BCUT2D eigenvalue weighted by Gasteiger charge is -2.34. The van der Waals surface area contributed by atoms with E-state index in [0.29, 0.717) is 0 Å². The van der Waals surface area contributed by atoms with Crippen molar-refractivity contribution in [1.29, 1.82) is 0 Å². The van der Waals surface area contributed by atoms with Gasteiger partial charge in [0.15, 0.2) is 0 Å². The largest absolute Gasteiger partial charge is 0.377 e. The zero-order valence-electron chi connectivity index (χ0n) is 14.3. The van der Waals surface area contributed by atoms with Gasteiger partial charge in [-0.3, -0.25) is 4.68 Å². The highest BCUT2D eigenvalue weighted by Gasteiger charge is 2.31. The maximum Gasteiger partial charge on any atom is 0.0778 e. The number of methoxy groups -OCH3 is 1. The van der Waals surface area contributed by atoms with Crippen LogP contribution >= 0.6 is 15.9 Å². The van der Waals surface area contributed by atoms with Gasteiger partial charge in [0, 0.05) is 26.1 Å². The predicted octanol–water partition coefficient (Wildman–Crippen LogP) is 3.56. The van der Waals surface area contributed by atoms with Gasteiger partial charge in [0.2, 0.25) is 0 Å². The molecular formula is C16H30BrN3O. The van der Waals surface area contributed by atoms with Crippen molar-refractivity contribution in [2.24, 2.45) is 0 Å². The minimum absolute atomic E-state index is 0.218. The van der Waals surface area contributed by atoms with Crippen LogP contribution in [0.2, 0.25) is 0 Å². The summed E-state index contributed by atoms with van der Waals surface area (Å²) in [5.41, 5.74) is 2.17. The molecule has 1 aromatic rings. The number of hydrogen-bond acceptors (Lipinski definition) is 3. The lowest BCUT2D eigenvalue weighted by Crippen LogP contribution is -2.50. The third-order valence-corrected chi connectivity index (χ3v) is 5.01. The van der Waals surface area contributed by atoms with Crippen LogP contribution in [0, 0.1) is 0 Å². The average Bonchev–Trinajstić information content (AvgIpc) is 2.78. The van der Waals surface area contributed by atoms with E-state index in [1.54, 1.807) is 7.11 Å². The second kappa shape index (κ2) is 8.30. The number of aromatic nitrogens is 2. The van der Waals surface area contributed by atoms with Crippen molar-refractivity contribution in [2.75, 3.05) is 13.7 Å². The van der Waals surface area contributed by atoms with Gasteiger partial charge in [-0.1, -0.05) is 13.8 Å². The topological polar surface area (TPSA) is 39.1 Å². The Morgan fingerprint density at radius 3 is 2.48 bits per heavy atom. The van der Waals surface area contributed by atoms with E-state index in [1.807, 2.05) is 0 Å². The number of hydrogen-bond donors (Lipinski definition) is 1. The van der Waals surface area contributed by atoms with E-state index in [2.05, 4.69) is 65.6 Å². The fourth-order valence-corrected chi connectivity index (χ4v) is 3.16. The van der Waals surface area contributed by atoms with Crippen LogP contribution in [0.3, 0.4) is 0 Å². The van der Waals surface area contributed by atoms with Crippen LogP contribution in [0.4, 0.5) is 0 Å². The molecule has 1 aromatic heterocycles. The first-order valence-electron chi connectivity index (χ1n) is 7.93. The number of rotatable bonds is 9. The van der Waals surface area contributed by atoms with Crippen molar-refractivity contribution >= 4 is 15.9 Å². The second-order valence-electron chi connectivity index (χ2n) is 5.90. The van der Waals surface area contributed by atoms with Crippen LogP contribution in [-0.2, 0) is 24.1 Å². The maximum absolute atomic E-state index is 5.71. The van der Waals surface area contributed by atoms with Crippen molar-refractivity contribution < 1.29 is 4.74 Å². The Labute approximate surface area is 137 Å². The first-order valence-corrected chi connectivity index (χ1v) is 8.73. The van der Waals surface area contributed by atoms with Crippen LogP contribution in [0.5, 0.6) is 0 Å². The number of halogens is 1. The third-order valence-electron chi connectivity index (χ3n) is 4.10. The molecule has 0 fully saturated rings. The Hall–Kier alpha value is -0.390. The molecule has 1 heterocycles. The van der Waals surface area contributed by atoms with Crippen LogP contribution in [-0.4, -0.2) is 35.1 Å². The number of nitrogens with zero attached hydrogens (tertiary/aromatic N) is 2. The predicted molar refractivity (Wildman–Crippen MR) is 91.9 cm³/mol. The molecule has 0 spiro atoms. The Kier molecular flexibility index (Phi) is 7.37. The minimum atomic E-state index is -0.218. The summed E-state index contributed by atoms with van der Waals surface area (Å²) < 4.78 is 8.97. The molecule has 0 amide bonds. The van der Waals surface area contributed by atoms with Gasteiger partial charge in [-0.25, -0.2) is 0 Å². The summed E-state index contributed by atoms with van der Waals surface area (Å²) in [5, 5.41) is 8.32. The smallest absolute Gasteiger partial charge is 0.0778 e. The van der Waals surface area contributed by atoms with Crippen LogP contribution in [0.1, 0.15) is 52.4 Å². The molecule has 0 aliphatic carbocycles. The SMILES string of the molecule is CCCNC(Cc1c(Br)c(CC)nn1CC)C(C)(C)OC. The van der Waals surface area contributed by atoms with Gasteiger partial charge in [-0.2, -0.15) is 5.10 Å². The summed E-state index contributed by atoms with van der Waals surface area (Å²) in [6.45, 7) is 12.6. The van der Waals surface area contributed by atoms with E-state index in [9.17, 15) is 0 Å². The molecule has 0 aliphatic heterocycles. The molecule has 0 bridgehead atoms. The first kappa shape index (κ1) is 18.7. The first-order chi connectivity index (χ1) is 9.91. The fourth-order valence-electron chi connectivity index (χ4n) is 2.43. The van der Waals surface area contributed by atoms with Crippen molar-refractivity contribution in [2.45, 2.75) is 72.1 Å². The van der Waals surface area contributed by atoms with Gasteiger partial charge < -0.3 is 10.1 Å². The van der Waals surface area contributed by atoms with Gasteiger partial charge in [0.1, 0.15) is 0 Å². The highest BCUT2D eigenvalue weighted by Crippen LogP contribution is 2.26. The van der Waals surface area contributed by atoms with Gasteiger partial charge in [0.25, 0.3) is 0 Å². The van der Waals surface area contributed by atoms with Crippen LogP contribution in [0.25, 0.3) is 0 Å². The molecule has 0 aromatic carbocycles. The van der Waals surface area contributed by atoms with Crippen LogP contribution in [0.15, 0.2) is 4.47 Å². The van der Waals surface area contributed by atoms with E-state index < -0.39 is 0 Å². The summed E-state index contributed by atoms with van der Waals surface area (Å²) >= 11 is 3.74. The molecule has 0 aliphatic rings. The standard InChI is InChI=1S/C16H30BrN3O/c1-7-10-18-14(16(4,5)21-6)11-13-15(17)12(8-2)19-20(13)9-3/h14,18H,7-11H2,1-6H3. The monoisotopic (exact) mass is 359 g/mol. The van der Waals surface area contributed by atoms with Crippen molar-refractivity contribution in [3.8, 4) is 0 Å². The summed E-state index contributed by atoms with van der Waals surface area (Å²) in [4.78, 5) is 0. The molecule has 0 saturated carbocycles. The molecule has 0 radical (unpaired) electrons. The molecular weight excluding hydrogens is 330 g/mol. The van der Waals surface area contributed by atoms with Crippen LogP contribution < -0.4 is 5.32 Å². The summed E-state index contributed by atoms with van der Waals surface area (Å²) in [6.07, 6.45) is 2.97. The molecule has 1 N–H and O–H groups in total. The molecule has 5 heteroatoms.